The van der Waals surface area contributed by atoms with E-state index in [-0.39, 0.29) is 5.78 Å². The van der Waals surface area contributed by atoms with Gasteiger partial charge in [0.25, 0.3) is 0 Å². The third-order valence-corrected chi connectivity index (χ3v) is 3.61. The Morgan fingerprint density at radius 1 is 1.10 bits per heavy atom. The Kier molecular flexibility index (Phi) is 3.77. The van der Waals surface area contributed by atoms with Crippen molar-refractivity contribution in [2.75, 3.05) is 6.61 Å². The second-order valence-corrected chi connectivity index (χ2v) is 4.98. The van der Waals surface area contributed by atoms with Gasteiger partial charge in [-0.2, -0.15) is 0 Å². The smallest absolute Gasteiger partial charge is 0.163 e. The van der Waals surface area contributed by atoms with Gasteiger partial charge < -0.3 is 4.74 Å². The van der Waals surface area contributed by atoms with Gasteiger partial charge in [0.1, 0.15) is 5.75 Å². The monoisotopic (exact) mass is 267 g/mol. The van der Waals surface area contributed by atoms with E-state index in [0.717, 1.165) is 41.8 Å². The van der Waals surface area contributed by atoms with Gasteiger partial charge in [0.15, 0.2) is 5.78 Å². The minimum atomic E-state index is 0.237. The standard InChI is InChI=1S/C17H17NO2/c19-16-8-3-7-15-14(16)6-4-9-17(15)20-12-10-13-5-1-2-11-18-13/h1-2,4-6,9,11H,3,7-8,10,12H2. The first-order chi connectivity index (χ1) is 9.84. The van der Waals surface area contributed by atoms with Gasteiger partial charge in [-0.15, -0.1) is 0 Å². The van der Waals surface area contributed by atoms with Crippen molar-refractivity contribution in [2.45, 2.75) is 25.7 Å². The lowest BCUT2D eigenvalue weighted by Gasteiger charge is -2.18. The van der Waals surface area contributed by atoms with Gasteiger partial charge in [0, 0.05) is 35.9 Å². The molecule has 3 rings (SSSR count). The van der Waals surface area contributed by atoms with E-state index in [0.29, 0.717) is 13.0 Å². The molecule has 0 spiro atoms. The van der Waals surface area contributed by atoms with Gasteiger partial charge in [0.2, 0.25) is 0 Å². The number of carbonyl (C=O) groups excluding carboxylic acids is 1. The number of rotatable bonds is 4. The molecule has 20 heavy (non-hydrogen) atoms. The molecule has 3 nitrogen and oxygen atoms in total. The molecule has 0 radical (unpaired) electrons. The number of Topliss-reactive ketones (excluding diaryl/α,β-unsaturated/α-hetero) is 1. The average molecular weight is 267 g/mol. The van der Waals surface area contributed by atoms with E-state index in [1.54, 1.807) is 6.20 Å². The van der Waals surface area contributed by atoms with Crippen molar-refractivity contribution in [3.63, 3.8) is 0 Å². The second-order valence-electron chi connectivity index (χ2n) is 4.98. The van der Waals surface area contributed by atoms with Gasteiger partial charge in [-0.05, 0) is 31.0 Å². The molecule has 1 aliphatic rings. The minimum absolute atomic E-state index is 0.237. The number of aromatic nitrogens is 1. The topological polar surface area (TPSA) is 39.2 Å². The van der Waals surface area contributed by atoms with Crippen LogP contribution in [0, 0.1) is 0 Å². The summed E-state index contributed by atoms with van der Waals surface area (Å²) in [6.45, 7) is 0.585. The fourth-order valence-electron chi connectivity index (χ4n) is 2.59. The van der Waals surface area contributed by atoms with Crippen LogP contribution in [0.1, 0.15) is 34.5 Å². The number of ketones is 1. The SMILES string of the molecule is O=C1CCCc2c(OCCc3ccccn3)cccc21. The summed E-state index contributed by atoms with van der Waals surface area (Å²) in [5.41, 5.74) is 2.93. The van der Waals surface area contributed by atoms with Gasteiger partial charge in [-0.25, -0.2) is 0 Å². The molecular formula is C17H17NO2. The molecule has 0 bridgehead atoms. The largest absolute Gasteiger partial charge is 0.493 e. The zero-order chi connectivity index (χ0) is 13.8. The average Bonchev–Trinajstić information content (AvgIpc) is 2.49. The van der Waals surface area contributed by atoms with Crippen LogP contribution in [0.2, 0.25) is 0 Å². The van der Waals surface area contributed by atoms with E-state index in [9.17, 15) is 4.79 Å². The molecule has 2 aromatic rings. The Balaban J connectivity index is 1.69. The Morgan fingerprint density at radius 3 is 2.90 bits per heavy atom. The summed E-state index contributed by atoms with van der Waals surface area (Å²) in [6, 6.07) is 11.6. The second kappa shape index (κ2) is 5.87. The lowest BCUT2D eigenvalue weighted by Crippen LogP contribution is -2.13. The Hall–Kier alpha value is -2.16. The number of ether oxygens (including phenoxy) is 1. The van der Waals surface area contributed by atoms with Crippen molar-refractivity contribution < 1.29 is 9.53 Å². The van der Waals surface area contributed by atoms with E-state index in [2.05, 4.69) is 4.98 Å². The van der Waals surface area contributed by atoms with Gasteiger partial charge >= 0.3 is 0 Å². The van der Waals surface area contributed by atoms with E-state index in [1.165, 1.54) is 0 Å². The Bertz CT molecular complexity index is 608. The van der Waals surface area contributed by atoms with Gasteiger partial charge in [-0.3, -0.25) is 9.78 Å². The molecule has 0 atom stereocenters. The van der Waals surface area contributed by atoms with E-state index >= 15 is 0 Å². The molecule has 3 heteroatoms. The molecule has 102 valence electrons. The molecule has 1 aliphatic carbocycles. The van der Waals surface area contributed by atoms with E-state index in [4.69, 9.17) is 4.74 Å². The predicted molar refractivity (Wildman–Crippen MR) is 77.1 cm³/mol. The summed E-state index contributed by atoms with van der Waals surface area (Å²) in [5, 5.41) is 0. The Labute approximate surface area is 118 Å². The van der Waals surface area contributed by atoms with E-state index < -0.39 is 0 Å². The third kappa shape index (κ3) is 2.72. The molecular weight excluding hydrogens is 250 g/mol. The number of hydrogen-bond acceptors (Lipinski definition) is 3. The summed E-state index contributed by atoms with van der Waals surface area (Å²) in [6.07, 6.45) is 5.08. The lowest BCUT2D eigenvalue weighted by molar-refractivity contribution is 0.0971. The highest BCUT2D eigenvalue weighted by atomic mass is 16.5. The summed E-state index contributed by atoms with van der Waals surface area (Å²) < 4.78 is 5.86. The molecule has 0 amide bonds. The number of fused-ring (bicyclic) bond motifs is 1. The zero-order valence-corrected chi connectivity index (χ0v) is 11.3. The molecule has 0 fully saturated rings. The molecule has 0 unspecified atom stereocenters. The summed E-state index contributed by atoms with van der Waals surface area (Å²) in [7, 11) is 0. The first-order valence-electron chi connectivity index (χ1n) is 7.02. The Morgan fingerprint density at radius 2 is 2.05 bits per heavy atom. The quantitative estimate of drug-likeness (QED) is 0.853. The molecule has 1 heterocycles. The van der Waals surface area contributed by atoms with Crippen LogP contribution in [-0.2, 0) is 12.8 Å². The van der Waals surface area contributed by atoms with Crippen LogP contribution in [0.15, 0.2) is 42.6 Å². The summed E-state index contributed by atoms with van der Waals surface area (Å²) in [4.78, 5) is 16.1. The number of hydrogen-bond donors (Lipinski definition) is 0. The highest BCUT2D eigenvalue weighted by Gasteiger charge is 2.20. The molecule has 1 aromatic heterocycles. The van der Waals surface area contributed by atoms with Gasteiger partial charge in [0.05, 0.1) is 6.61 Å². The number of nitrogens with zero attached hydrogens (tertiary/aromatic N) is 1. The highest BCUT2D eigenvalue weighted by molar-refractivity contribution is 5.99. The van der Waals surface area contributed by atoms with E-state index in [1.807, 2.05) is 36.4 Å². The number of carbonyl (C=O) groups is 1. The normalized spacial score (nSPS) is 13.9. The molecule has 1 aromatic carbocycles. The van der Waals surface area contributed by atoms with Crippen molar-refractivity contribution in [1.29, 1.82) is 0 Å². The number of pyridine rings is 1. The zero-order valence-electron chi connectivity index (χ0n) is 11.3. The fraction of sp³-hybridized carbons (Fsp3) is 0.294. The maximum Gasteiger partial charge on any atom is 0.163 e. The lowest BCUT2D eigenvalue weighted by atomic mass is 9.90. The van der Waals surface area contributed by atoms with Gasteiger partial charge in [-0.1, -0.05) is 18.2 Å². The molecule has 0 saturated carbocycles. The summed E-state index contributed by atoms with van der Waals surface area (Å²) in [5.74, 6) is 1.09. The van der Waals surface area contributed by atoms with Crippen LogP contribution in [0.25, 0.3) is 0 Å². The molecule has 0 aliphatic heterocycles. The first-order valence-corrected chi connectivity index (χ1v) is 7.02. The van der Waals surface area contributed by atoms with Crippen molar-refractivity contribution in [3.8, 4) is 5.75 Å². The number of benzene rings is 1. The van der Waals surface area contributed by atoms with Crippen LogP contribution in [-0.4, -0.2) is 17.4 Å². The summed E-state index contributed by atoms with van der Waals surface area (Å²) >= 11 is 0. The van der Waals surface area contributed by atoms with Crippen molar-refractivity contribution in [1.82, 2.24) is 4.98 Å². The van der Waals surface area contributed by atoms with Crippen LogP contribution in [0.3, 0.4) is 0 Å². The van der Waals surface area contributed by atoms with Crippen LogP contribution < -0.4 is 4.74 Å². The molecule has 0 N–H and O–H groups in total. The molecule has 0 saturated heterocycles. The van der Waals surface area contributed by atoms with Crippen molar-refractivity contribution in [3.05, 3.63) is 59.4 Å². The fourth-order valence-corrected chi connectivity index (χ4v) is 2.59. The predicted octanol–water partition coefficient (Wildman–Crippen LogP) is 3.22. The van der Waals surface area contributed by atoms with Crippen LogP contribution >= 0.6 is 0 Å². The third-order valence-electron chi connectivity index (χ3n) is 3.61. The highest BCUT2D eigenvalue weighted by Crippen LogP contribution is 2.29. The van der Waals surface area contributed by atoms with Crippen LogP contribution in [0.4, 0.5) is 0 Å². The van der Waals surface area contributed by atoms with Crippen LogP contribution in [0.5, 0.6) is 5.75 Å². The minimum Gasteiger partial charge on any atom is -0.493 e. The van der Waals surface area contributed by atoms with Crippen molar-refractivity contribution in [2.24, 2.45) is 0 Å². The maximum atomic E-state index is 11.9. The maximum absolute atomic E-state index is 11.9. The van der Waals surface area contributed by atoms with Crippen molar-refractivity contribution >= 4 is 5.78 Å². The first kappa shape index (κ1) is 12.9.